The van der Waals surface area contributed by atoms with Gasteiger partial charge in [-0.1, -0.05) is 13.8 Å². The molecule has 2 fully saturated rings. The lowest BCUT2D eigenvalue weighted by Gasteiger charge is -2.29. The first-order valence-electron chi connectivity index (χ1n) is 5.50. The van der Waals surface area contributed by atoms with E-state index in [0.717, 1.165) is 25.6 Å². The van der Waals surface area contributed by atoms with Crippen molar-refractivity contribution in [3.8, 4) is 0 Å². The zero-order valence-corrected chi connectivity index (χ0v) is 8.81. The Morgan fingerprint density at radius 2 is 2.23 bits per heavy atom. The van der Waals surface area contributed by atoms with Gasteiger partial charge in [-0.25, -0.2) is 0 Å². The van der Waals surface area contributed by atoms with Crippen LogP contribution in [0.1, 0.15) is 33.1 Å². The van der Waals surface area contributed by atoms with Crippen LogP contribution in [0.3, 0.4) is 0 Å². The molecule has 2 nitrogen and oxygen atoms in total. The van der Waals surface area contributed by atoms with Crippen molar-refractivity contribution < 1.29 is 4.74 Å². The molecule has 1 saturated carbocycles. The lowest BCUT2D eigenvalue weighted by molar-refractivity contribution is -0.00967. The maximum atomic E-state index is 5.79. The molecule has 0 bridgehead atoms. The average molecular weight is 183 g/mol. The molecule has 1 aliphatic heterocycles. The van der Waals surface area contributed by atoms with Gasteiger partial charge in [-0.15, -0.1) is 0 Å². The highest BCUT2D eigenvalue weighted by Gasteiger charge is 2.36. The van der Waals surface area contributed by atoms with E-state index in [-0.39, 0.29) is 0 Å². The third-order valence-electron chi connectivity index (χ3n) is 3.49. The second-order valence-electron chi connectivity index (χ2n) is 5.28. The molecule has 2 atom stereocenters. The molecular weight excluding hydrogens is 162 g/mol. The Kier molecular flexibility index (Phi) is 2.61. The standard InChI is InChI=1S/C11H21NO/c1-11(2)4-3-9(7-11)10-8-12-5-6-13-10/h9-10,12H,3-8H2,1-2H3. The second-order valence-corrected chi connectivity index (χ2v) is 5.28. The van der Waals surface area contributed by atoms with Crippen molar-refractivity contribution in [1.82, 2.24) is 5.32 Å². The van der Waals surface area contributed by atoms with Crippen LogP contribution in [0.25, 0.3) is 0 Å². The monoisotopic (exact) mass is 183 g/mol. The normalized spacial score (nSPS) is 39.2. The molecule has 13 heavy (non-hydrogen) atoms. The van der Waals surface area contributed by atoms with Gasteiger partial charge in [0, 0.05) is 13.1 Å². The van der Waals surface area contributed by atoms with E-state index in [1.807, 2.05) is 0 Å². The molecule has 0 aromatic heterocycles. The minimum absolute atomic E-state index is 0.496. The van der Waals surface area contributed by atoms with Crippen molar-refractivity contribution in [3.05, 3.63) is 0 Å². The summed E-state index contributed by atoms with van der Waals surface area (Å²) in [6.45, 7) is 7.77. The molecule has 0 spiro atoms. The maximum absolute atomic E-state index is 5.79. The third-order valence-corrected chi connectivity index (χ3v) is 3.49. The fraction of sp³-hybridized carbons (Fsp3) is 1.00. The van der Waals surface area contributed by atoms with Gasteiger partial charge in [-0.05, 0) is 30.6 Å². The van der Waals surface area contributed by atoms with Gasteiger partial charge in [-0.3, -0.25) is 0 Å². The van der Waals surface area contributed by atoms with Gasteiger partial charge in [0.1, 0.15) is 0 Å². The summed E-state index contributed by atoms with van der Waals surface area (Å²) in [4.78, 5) is 0. The highest BCUT2D eigenvalue weighted by Crippen LogP contribution is 2.42. The largest absolute Gasteiger partial charge is 0.375 e. The minimum atomic E-state index is 0.496. The lowest BCUT2D eigenvalue weighted by atomic mass is 9.89. The molecule has 2 unspecified atom stereocenters. The van der Waals surface area contributed by atoms with Crippen LogP contribution in [-0.2, 0) is 4.74 Å². The van der Waals surface area contributed by atoms with Crippen LogP contribution in [0, 0.1) is 11.3 Å². The molecule has 76 valence electrons. The predicted octanol–water partition coefficient (Wildman–Crippen LogP) is 1.80. The summed E-state index contributed by atoms with van der Waals surface area (Å²) in [7, 11) is 0. The van der Waals surface area contributed by atoms with Gasteiger partial charge in [0.05, 0.1) is 12.7 Å². The smallest absolute Gasteiger partial charge is 0.0728 e. The van der Waals surface area contributed by atoms with Crippen LogP contribution in [0.15, 0.2) is 0 Å². The fourth-order valence-electron chi connectivity index (χ4n) is 2.70. The summed E-state index contributed by atoms with van der Waals surface area (Å²) < 4.78 is 5.79. The van der Waals surface area contributed by atoms with E-state index >= 15 is 0 Å². The van der Waals surface area contributed by atoms with Crippen molar-refractivity contribution in [2.24, 2.45) is 11.3 Å². The van der Waals surface area contributed by atoms with Crippen molar-refractivity contribution in [2.45, 2.75) is 39.2 Å². The van der Waals surface area contributed by atoms with Gasteiger partial charge in [0.25, 0.3) is 0 Å². The first kappa shape index (κ1) is 9.47. The molecule has 1 heterocycles. The van der Waals surface area contributed by atoms with Crippen molar-refractivity contribution in [1.29, 1.82) is 0 Å². The van der Waals surface area contributed by atoms with Crippen LogP contribution < -0.4 is 5.32 Å². The lowest BCUT2D eigenvalue weighted by Crippen LogP contribution is -2.42. The molecule has 0 aromatic rings. The van der Waals surface area contributed by atoms with E-state index in [0.29, 0.717) is 11.5 Å². The van der Waals surface area contributed by atoms with E-state index in [4.69, 9.17) is 4.74 Å². The molecular formula is C11H21NO. The quantitative estimate of drug-likeness (QED) is 0.669. The molecule has 0 radical (unpaired) electrons. The van der Waals surface area contributed by atoms with Crippen molar-refractivity contribution in [2.75, 3.05) is 19.7 Å². The Labute approximate surface area is 81.0 Å². The van der Waals surface area contributed by atoms with Gasteiger partial charge in [0.2, 0.25) is 0 Å². The first-order valence-corrected chi connectivity index (χ1v) is 5.50. The fourth-order valence-corrected chi connectivity index (χ4v) is 2.70. The van der Waals surface area contributed by atoms with Gasteiger partial charge in [-0.2, -0.15) is 0 Å². The molecule has 1 N–H and O–H groups in total. The van der Waals surface area contributed by atoms with E-state index in [2.05, 4.69) is 19.2 Å². The van der Waals surface area contributed by atoms with Gasteiger partial charge < -0.3 is 10.1 Å². The summed E-state index contributed by atoms with van der Waals surface area (Å²) >= 11 is 0. The van der Waals surface area contributed by atoms with E-state index in [1.165, 1.54) is 19.3 Å². The summed E-state index contributed by atoms with van der Waals surface area (Å²) in [5.74, 6) is 0.808. The first-order chi connectivity index (χ1) is 6.17. The molecule has 2 rings (SSSR count). The Morgan fingerprint density at radius 3 is 2.77 bits per heavy atom. The number of hydrogen-bond acceptors (Lipinski definition) is 2. The molecule has 2 aliphatic rings. The Hall–Kier alpha value is -0.0800. The Morgan fingerprint density at radius 1 is 1.38 bits per heavy atom. The van der Waals surface area contributed by atoms with E-state index in [9.17, 15) is 0 Å². The van der Waals surface area contributed by atoms with Crippen LogP contribution in [-0.4, -0.2) is 25.8 Å². The molecule has 1 aliphatic carbocycles. The Bertz CT molecular complexity index is 173. The predicted molar refractivity (Wildman–Crippen MR) is 53.7 cm³/mol. The van der Waals surface area contributed by atoms with E-state index < -0.39 is 0 Å². The highest BCUT2D eigenvalue weighted by atomic mass is 16.5. The van der Waals surface area contributed by atoms with Gasteiger partial charge >= 0.3 is 0 Å². The summed E-state index contributed by atoms with van der Waals surface area (Å²) in [6.07, 6.45) is 4.58. The van der Waals surface area contributed by atoms with Crippen LogP contribution in [0.2, 0.25) is 0 Å². The van der Waals surface area contributed by atoms with Gasteiger partial charge in [0.15, 0.2) is 0 Å². The van der Waals surface area contributed by atoms with Crippen LogP contribution in [0.4, 0.5) is 0 Å². The zero-order valence-electron chi connectivity index (χ0n) is 8.81. The summed E-state index contributed by atoms with van der Waals surface area (Å²) in [6, 6.07) is 0. The second kappa shape index (κ2) is 3.58. The van der Waals surface area contributed by atoms with E-state index in [1.54, 1.807) is 0 Å². The molecule has 0 amide bonds. The molecule has 2 heteroatoms. The van der Waals surface area contributed by atoms with Crippen molar-refractivity contribution in [3.63, 3.8) is 0 Å². The molecule has 0 aromatic carbocycles. The maximum Gasteiger partial charge on any atom is 0.0728 e. The number of nitrogens with one attached hydrogen (secondary N) is 1. The number of rotatable bonds is 1. The topological polar surface area (TPSA) is 21.3 Å². The number of hydrogen-bond donors (Lipinski definition) is 1. The summed E-state index contributed by atoms with van der Waals surface area (Å²) in [5, 5.41) is 3.41. The third kappa shape index (κ3) is 2.23. The summed E-state index contributed by atoms with van der Waals surface area (Å²) in [5.41, 5.74) is 0.561. The highest BCUT2D eigenvalue weighted by molar-refractivity contribution is 4.88. The van der Waals surface area contributed by atoms with Crippen LogP contribution >= 0.6 is 0 Å². The van der Waals surface area contributed by atoms with Crippen LogP contribution in [0.5, 0.6) is 0 Å². The Balaban J connectivity index is 1.87. The molecule has 1 saturated heterocycles. The SMILES string of the molecule is CC1(C)CCC(C2CNCCO2)C1. The van der Waals surface area contributed by atoms with Crippen molar-refractivity contribution >= 4 is 0 Å². The number of ether oxygens (including phenoxy) is 1. The zero-order chi connectivity index (χ0) is 9.31. The average Bonchev–Trinajstić information content (AvgIpc) is 2.48. The minimum Gasteiger partial charge on any atom is -0.375 e. The number of morpholine rings is 1.